The second-order valence-electron chi connectivity index (χ2n) is 7.49. The van der Waals surface area contributed by atoms with E-state index in [9.17, 15) is 4.79 Å². The number of rotatable bonds is 5. The fraction of sp³-hybridized carbons (Fsp3) is 0.556. The Morgan fingerprint density at radius 1 is 1.15 bits per heavy atom. The van der Waals surface area contributed by atoms with E-state index >= 15 is 0 Å². The van der Waals surface area contributed by atoms with Gasteiger partial charge in [0.15, 0.2) is 0 Å². The van der Waals surface area contributed by atoms with Gasteiger partial charge in [0.2, 0.25) is 0 Å². The molecule has 0 atom stereocenters. The van der Waals surface area contributed by atoms with Crippen LogP contribution in [0.3, 0.4) is 0 Å². The molecule has 26 heavy (non-hydrogen) atoms. The van der Waals surface area contributed by atoms with E-state index in [1.54, 1.807) is 11.1 Å². The molecule has 0 spiro atoms. The van der Waals surface area contributed by atoms with Crippen LogP contribution in [0.1, 0.15) is 42.6 Å². The van der Waals surface area contributed by atoms with Crippen molar-refractivity contribution in [2.45, 2.75) is 37.8 Å². The van der Waals surface area contributed by atoms with Crippen LogP contribution >= 0.6 is 0 Å². The number of nitrogens with one attached hydrogen (secondary N) is 1. The van der Waals surface area contributed by atoms with Crippen molar-refractivity contribution in [2.75, 3.05) is 31.1 Å². The molecule has 0 aromatic carbocycles. The van der Waals surface area contributed by atoms with Gasteiger partial charge in [0.05, 0.1) is 17.9 Å². The van der Waals surface area contributed by atoms with Crippen molar-refractivity contribution < 1.29 is 4.79 Å². The standard InChI is InChI=1S/C18H23N7O/c26-18-19-4-5-24(18)15-8-22-25(12-15)16-10-23(11-16)9-13-6-20-17(21-7-13)14-2-1-3-14/h6-8,12,14,16H,1-5,9-11H2,(H,19,26). The Morgan fingerprint density at radius 2 is 1.96 bits per heavy atom. The normalized spacial score (nSPS) is 21.5. The lowest BCUT2D eigenvalue weighted by molar-refractivity contribution is 0.0906. The summed E-state index contributed by atoms with van der Waals surface area (Å²) < 4.78 is 1.98. The SMILES string of the molecule is O=C1NCCN1c1cnn(C2CN(Cc3cnc(C4CCC4)nc3)C2)c1. The van der Waals surface area contributed by atoms with Gasteiger partial charge in [-0.1, -0.05) is 6.42 Å². The number of carbonyl (C=O) groups is 1. The number of nitrogens with zero attached hydrogens (tertiary/aromatic N) is 6. The van der Waals surface area contributed by atoms with Crippen LogP contribution in [0.2, 0.25) is 0 Å². The number of anilines is 1. The summed E-state index contributed by atoms with van der Waals surface area (Å²) in [5.74, 6) is 1.60. The van der Waals surface area contributed by atoms with Gasteiger partial charge in [0.1, 0.15) is 5.82 Å². The first-order chi connectivity index (χ1) is 12.8. The molecule has 2 aliphatic heterocycles. The van der Waals surface area contributed by atoms with Crippen molar-refractivity contribution in [1.29, 1.82) is 0 Å². The molecular formula is C18H23N7O. The maximum Gasteiger partial charge on any atom is 0.322 e. The summed E-state index contributed by atoms with van der Waals surface area (Å²) in [6.07, 6.45) is 11.5. The number of carbonyl (C=O) groups excluding carboxylic acids is 1. The van der Waals surface area contributed by atoms with E-state index in [0.29, 0.717) is 25.0 Å². The van der Waals surface area contributed by atoms with Crippen LogP contribution in [0, 0.1) is 0 Å². The predicted molar refractivity (Wildman–Crippen MR) is 95.9 cm³/mol. The molecule has 3 fully saturated rings. The smallest absolute Gasteiger partial charge is 0.322 e. The molecule has 2 aromatic heterocycles. The van der Waals surface area contributed by atoms with Crippen molar-refractivity contribution in [1.82, 2.24) is 30.0 Å². The van der Waals surface area contributed by atoms with Gasteiger partial charge >= 0.3 is 6.03 Å². The predicted octanol–water partition coefficient (Wildman–Crippen LogP) is 1.53. The van der Waals surface area contributed by atoms with Gasteiger partial charge in [0.25, 0.3) is 0 Å². The molecule has 0 bridgehead atoms. The summed E-state index contributed by atoms with van der Waals surface area (Å²) in [4.78, 5) is 24.9. The molecule has 2 aromatic rings. The molecule has 0 radical (unpaired) electrons. The van der Waals surface area contributed by atoms with Gasteiger partial charge in [-0.3, -0.25) is 14.5 Å². The van der Waals surface area contributed by atoms with E-state index < -0.39 is 0 Å². The highest BCUT2D eigenvalue weighted by Crippen LogP contribution is 2.34. The van der Waals surface area contributed by atoms with Crippen LogP contribution in [-0.4, -0.2) is 56.9 Å². The average molecular weight is 353 g/mol. The molecule has 5 rings (SSSR count). The molecule has 4 heterocycles. The molecule has 8 heteroatoms. The summed E-state index contributed by atoms with van der Waals surface area (Å²) in [7, 11) is 0. The largest absolute Gasteiger partial charge is 0.336 e. The van der Waals surface area contributed by atoms with Gasteiger partial charge < -0.3 is 5.32 Å². The molecule has 2 saturated heterocycles. The molecule has 2 amide bonds. The highest BCUT2D eigenvalue weighted by Gasteiger charge is 2.30. The van der Waals surface area contributed by atoms with Crippen LogP contribution in [-0.2, 0) is 6.54 Å². The van der Waals surface area contributed by atoms with Gasteiger partial charge in [-0.25, -0.2) is 14.8 Å². The summed E-state index contributed by atoms with van der Waals surface area (Å²) in [5, 5.41) is 7.27. The van der Waals surface area contributed by atoms with Gasteiger partial charge in [-0.15, -0.1) is 0 Å². The number of urea groups is 1. The van der Waals surface area contributed by atoms with Crippen molar-refractivity contribution >= 4 is 11.7 Å². The number of likely N-dealkylation sites (tertiary alicyclic amines) is 1. The van der Waals surface area contributed by atoms with Gasteiger partial charge in [-0.2, -0.15) is 5.10 Å². The van der Waals surface area contributed by atoms with Crippen LogP contribution in [0.4, 0.5) is 10.5 Å². The zero-order valence-corrected chi connectivity index (χ0v) is 14.7. The van der Waals surface area contributed by atoms with Gasteiger partial charge in [-0.05, 0) is 12.8 Å². The summed E-state index contributed by atoms with van der Waals surface area (Å²) >= 11 is 0. The number of aromatic nitrogens is 4. The minimum Gasteiger partial charge on any atom is -0.336 e. The first-order valence-electron chi connectivity index (χ1n) is 9.39. The third-order valence-electron chi connectivity index (χ3n) is 5.67. The minimum atomic E-state index is -0.0369. The second kappa shape index (κ2) is 6.35. The van der Waals surface area contributed by atoms with E-state index in [4.69, 9.17) is 0 Å². The first kappa shape index (κ1) is 15.7. The number of hydrogen-bond donors (Lipinski definition) is 1. The maximum absolute atomic E-state index is 11.7. The molecular weight excluding hydrogens is 330 g/mol. The van der Waals surface area contributed by atoms with Crippen LogP contribution in [0.5, 0.6) is 0 Å². The zero-order valence-electron chi connectivity index (χ0n) is 14.7. The summed E-state index contributed by atoms with van der Waals surface area (Å²) in [6, 6.07) is 0.328. The van der Waals surface area contributed by atoms with Crippen molar-refractivity contribution in [3.8, 4) is 0 Å². The Labute approximate surface area is 152 Å². The fourth-order valence-corrected chi connectivity index (χ4v) is 3.81. The third-order valence-corrected chi connectivity index (χ3v) is 5.67. The lowest BCUT2D eigenvalue weighted by atomic mass is 9.85. The Hall–Kier alpha value is -2.48. The van der Waals surface area contributed by atoms with Crippen LogP contribution in [0.25, 0.3) is 0 Å². The van der Waals surface area contributed by atoms with E-state index in [2.05, 4.69) is 25.3 Å². The van der Waals surface area contributed by atoms with E-state index in [-0.39, 0.29) is 6.03 Å². The molecule has 3 aliphatic rings. The zero-order chi connectivity index (χ0) is 17.5. The number of amides is 2. The molecule has 1 aliphatic carbocycles. The Bertz CT molecular complexity index is 792. The van der Waals surface area contributed by atoms with E-state index in [0.717, 1.165) is 31.1 Å². The molecule has 8 nitrogen and oxygen atoms in total. The number of hydrogen-bond acceptors (Lipinski definition) is 5. The quantitative estimate of drug-likeness (QED) is 0.882. The lowest BCUT2D eigenvalue weighted by Gasteiger charge is -2.39. The maximum atomic E-state index is 11.7. The van der Waals surface area contributed by atoms with Crippen molar-refractivity contribution in [2.24, 2.45) is 0 Å². The second-order valence-corrected chi connectivity index (χ2v) is 7.49. The van der Waals surface area contributed by atoms with E-state index in [1.807, 2.05) is 23.3 Å². The summed E-state index contributed by atoms with van der Waals surface area (Å²) in [6.45, 7) is 4.19. The topological polar surface area (TPSA) is 79.2 Å². The van der Waals surface area contributed by atoms with Crippen LogP contribution < -0.4 is 10.2 Å². The van der Waals surface area contributed by atoms with E-state index in [1.165, 1.54) is 24.8 Å². The fourth-order valence-electron chi connectivity index (χ4n) is 3.81. The Balaban J connectivity index is 1.15. The molecule has 0 unspecified atom stereocenters. The summed E-state index contributed by atoms with van der Waals surface area (Å²) in [5.41, 5.74) is 2.04. The van der Waals surface area contributed by atoms with Crippen molar-refractivity contribution in [3.05, 3.63) is 36.2 Å². The Kier molecular flexibility index (Phi) is 3.85. The van der Waals surface area contributed by atoms with Crippen LogP contribution in [0.15, 0.2) is 24.8 Å². The monoisotopic (exact) mass is 353 g/mol. The molecule has 1 N–H and O–H groups in total. The third kappa shape index (κ3) is 2.84. The highest BCUT2D eigenvalue weighted by molar-refractivity contribution is 5.93. The molecule has 1 saturated carbocycles. The minimum absolute atomic E-state index is 0.0369. The lowest BCUT2D eigenvalue weighted by Crippen LogP contribution is -2.47. The van der Waals surface area contributed by atoms with Crippen molar-refractivity contribution in [3.63, 3.8) is 0 Å². The van der Waals surface area contributed by atoms with Gasteiger partial charge in [0, 0.05) is 62.8 Å². The average Bonchev–Trinajstić information content (AvgIpc) is 3.19. The Morgan fingerprint density at radius 3 is 2.62 bits per heavy atom. The highest BCUT2D eigenvalue weighted by atomic mass is 16.2. The first-order valence-corrected chi connectivity index (χ1v) is 9.39. The molecule has 136 valence electrons.